The number of nitrogens with zero attached hydrogens (tertiary/aromatic N) is 1. The van der Waals surface area contributed by atoms with E-state index in [1.165, 1.54) is 0 Å². The number of rotatable bonds is 3. The Morgan fingerprint density at radius 1 is 1.32 bits per heavy atom. The fraction of sp³-hybridized carbons (Fsp3) is 0.385. The molecular formula is C13H16N2O4. The number of hydrogen-bond donors (Lipinski definition) is 3. The van der Waals surface area contributed by atoms with Gasteiger partial charge in [-0.3, -0.25) is 4.79 Å². The number of hydrogen-bond acceptors (Lipinski definition) is 4. The summed E-state index contributed by atoms with van der Waals surface area (Å²) >= 11 is 0. The maximum Gasteiger partial charge on any atom is 0.326 e. The van der Waals surface area contributed by atoms with Gasteiger partial charge in [-0.15, -0.1) is 0 Å². The Morgan fingerprint density at radius 3 is 2.53 bits per heavy atom. The number of aliphatic hydroxyl groups excluding tert-OH is 1. The number of nitrogens with two attached hydrogens (primary N) is 1. The largest absolute Gasteiger partial charge is 0.480 e. The Hall–Kier alpha value is -1.92. The van der Waals surface area contributed by atoms with Crippen LogP contribution in [0.4, 0.5) is 0 Å². The van der Waals surface area contributed by atoms with Crippen LogP contribution < -0.4 is 5.73 Å². The summed E-state index contributed by atoms with van der Waals surface area (Å²) in [7, 11) is 0. The third-order valence-electron chi connectivity index (χ3n) is 3.27. The van der Waals surface area contributed by atoms with Gasteiger partial charge in [-0.25, -0.2) is 4.79 Å². The molecule has 0 saturated carbocycles. The minimum atomic E-state index is -1.12. The average molecular weight is 264 g/mol. The van der Waals surface area contributed by atoms with Gasteiger partial charge in [0, 0.05) is 13.0 Å². The number of carboxylic acid groups (broad SMARTS) is 1. The number of carbonyl (C=O) groups excluding carboxylic acids is 1. The molecule has 1 amide bonds. The summed E-state index contributed by atoms with van der Waals surface area (Å²) in [5.74, 6) is -1.60. The number of carboxylic acids is 1. The lowest BCUT2D eigenvalue weighted by molar-refractivity contribution is -0.148. The van der Waals surface area contributed by atoms with Gasteiger partial charge in [-0.1, -0.05) is 30.3 Å². The normalized spacial score (nSPS) is 24.2. The minimum Gasteiger partial charge on any atom is -0.480 e. The van der Waals surface area contributed by atoms with Crippen LogP contribution in [0.3, 0.4) is 0 Å². The van der Waals surface area contributed by atoms with Crippen molar-refractivity contribution < 1.29 is 19.8 Å². The van der Waals surface area contributed by atoms with E-state index in [1.807, 2.05) is 0 Å². The van der Waals surface area contributed by atoms with E-state index in [0.717, 1.165) is 4.90 Å². The van der Waals surface area contributed by atoms with Crippen LogP contribution in [0.2, 0.25) is 0 Å². The van der Waals surface area contributed by atoms with E-state index in [2.05, 4.69) is 0 Å². The van der Waals surface area contributed by atoms with Crippen LogP contribution in [0.25, 0.3) is 0 Å². The van der Waals surface area contributed by atoms with E-state index >= 15 is 0 Å². The lowest BCUT2D eigenvalue weighted by atomic mass is 10.1. The molecule has 1 aromatic carbocycles. The topological polar surface area (TPSA) is 104 Å². The second-order valence-electron chi connectivity index (χ2n) is 4.62. The van der Waals surface area contributed by atoms with E-state index < -0.39 is 30.1 Å². The summed E-state index contributed by atoms with van der Waals surface area (Å²) in [5.41, 5.74) is 6.48. The SMILES string of the molecule is NC(C(=O)N1CC(O)C[C@H]1C(=O)O)c1ccccc1. The standard InChI is InChI=1S/C13H16N2O4/c14-11(8-4-2-1-3-5-8)12(17)15-7-9(16)6-10(15)13(18)19/h1-5,9-11,16H,6-7,14H2,(H,18,19)/t9?,10-,11?/m0/s1. The molecule has 1 aliphatic heterocycles. The molecule has 102 valence electrons. The molecule has 1 heterocycles. The van der Waals surface area contributed by atoms with Crippen LogP contribution in [0.1, 0.15) is 18.0 Å². The van der Waals surface area contributed by atoms with Crippen LogP contribution in [0.15, 0.2) is 30.3 Å². The number of amides is 1. The van der Waals surface area contributed by atoms with Crippen molar-refractivity contribution in [2.75, 3.05) is 6.54 Å². The predicted octanol–water partition coefficient (Wildman–Crippen LogP) is -0.267. The fourth-order valence-electron chi connectivity index (χ4n) is 2.27. The molecule has 0 spiro atoms. The highest BCUT2D eigenvalue weighted by Gasteiger charge is 2.40. The highest BCUT2D eigenvalue weighted by Crippen LogP contribution is 2.22. The summed E-state index contributed by atoms with van der Waals surface area (Å²) in [6.07, 6.45) is -0.768. The van der Waals surface area contributed by atoms with Crippen molar-refractivity contribution in [1.29, 1.82) is 0 Å². The van der Waals surface area contributed by atoms with Crippen LogP contribution in [0.5, 0.6) is 0 Å². The third kappa shape index (κ3) is 2.74. The lowest BCUT2D eigenvalue weighted by Crippen LogP contribution is -2.45. The summed E-state index contributed by atoms with van der Waals surface area (Å²) < 4.78 is 0. The van der Waals surface area contributed by atoms with Gasteiger partial charge >= 0.3 is 5.97 Å². The summed E-state index contributed by atoms with van der Waals surface area (Å²) in [5, 5.41) is 18.6. The van der Waals surface area contributed by atoms with Crippen molar-refractivity contribution in [2.45, 2.75) is 24.6 Å². The maximum atomic E-state index is 12.2. The minimum absolute atomic E-state index is 0.0103. The van der Waals surface area contributed by atoms with E-state index in [9.17, 15) is 14.7 Å². The van der Waals surface area contributed by atoms with Crippen molar-refractivity contribution >= 4 is 11.9 Å². The Bertz CT molecular complexity index is 477. The zero-order valence-corrected chi connectivity index (χ0v) is 10.3. The number of carbonyl (C=O) groups is 2. The van der Waals surface area contributed by atoms with Crippen molar-refractivity contribution in [3.8, 4) is 0 Å². The molecule has 0 aromatic heterocycles. The Labute approximate surface area is 110 Å². The van der Waals surface area contributed by atoms with E-state index in [1.54, 1.807) is 30.3 Å². The number of β-amino-alcohol motifs (C(OH)–C–C–N with tert-alkyl or cyclic N) is 1. The maximum absolute atomic E-state index is 12.2. The number of likely N-dealkylation sites (tertiary alicyclic amines) is 1. The molecular weight excluding hydrogens is 248 g/mol. The molecule has 4 N–H and O–H groups in total. The molecule has 6 nitrogen and oxygen atoms in total. The molecule has 2 rings (SSSR count). The van der Waals surface area contributed by atoms with Gasteiger partial charge in [0.05, 0.1) is 6.10 Å². The molecule has 0 bridgehead atoms. The smallest absolute Gasteiger partial charge is 0.326 e. The van der Waals surface area contributed by atoms with Gasteiger partial charge in [0.1, 0.15) is 12.1 Å². The first-order chi connectivity index (χ1) is 9.00. The van der Waals surface area contributed by atoms with Gasteiger partial charge in [0.2, 0.25) is 5.91 Å². The Balaban J connectivity index is 2.17. The highest BCUT2D eigenvalue weighted by atomic mass is 16.4. The Kier molecular flexibility index (Phi) is 3.82. The first-order valence-corrected chi connectivity index (χ1v) is 6.02. The lowest BCUT2D eigenvalue weighted by Gasteiger charge is -2.24. The fourth-order valence-corrected chi connectivity index (χ4v) is 2.27. The van der Waals surface area contributed by atoms with Gasteiger partial charge < -0.3 is 20.8 Å². The zero-order chi connectivity index (χ0) is 14.0. The molecule has 3 atom stereocenters. The molecule has 1 saturated heterocycles. The highest BCUT2D eigenvalue weighted by molar-refractivity contribution is 5.88. The van der Waals surface area contributed by atoms with E-state index in [4.69, 9.17) is 10.8 Å². The first kappa shape index (κ1) is 13.5. The molecule has 0 radical (unpaired) electrons. The molecule has 0 aliphatic carbocycles. The Morgan fingerprint density at radius 2 is 1.95 bits per heavy atom. The first-order valence-electron chi connectivity index (χ1n) is 6.02. The summed E-state index contributed by atoms with van der Waals surface area (Å²) in [6.45, 7) is 0.0103. The zero-order valence-electron chi connectivity index (χ0n) is 10.3. The molecule has 19 heavy (non-hydrogen) atoms. The third-order valence-corrected chi connectivity index (χ3v) is 3.27. The van der Waals surface area contributed by atoms with Gasteiger partial charge in [0.15, 0.2) is 0 Å². The summed E-state index contributed by atoms with van der Waals surface area (Å²) in [4.78, 5) is 24.5. The van der Waals surface area contributed by atoms with Gasteiger partial charge in [-0.05, 0) is 5.56 Å². The number of aliphatic hydroxyl groups is 1. The molecule has 1 aliphatic rings. The second-order valence-corrected chi connectivity index (χ2v) is 4.62. The van der Waals surface area contributed by atoms with Crippen molar-refractivity contribution in [2.24, 2.45) is 5.73 Å². The monoisotopic (exact) mass is 264 g/mol. The van der Waals surface area contributed by atoms with Crippen LogP contribution in [0, 0.1) is 0 Å². The molecule has 6 heteroatoms. The van der Waals surface area contributed by atoms with E-state index in [0.29, 0.717) is 5.56 Å². The van der Waals surface area contributed by atoms with Crippen LogP contribution in [-0.4, -0.2) is 45.7 Å². The van der Waals surface area contributed by atoms with Crippen LogP contribution in [-0.2, 0) is 9.59 Å². The van der Waals surface area contributed by atoms with Gasteiger partial charge in [0.25, 0.3) is 0 Å². The summed E-state index contributed by atoms with van der Waals surface area (Å²) in [6, 6.07) is 6.84. The van der Waals surface area contributed by atoms with Crippen LogP contribution >= 0.6 is 0 Å². The van der Waals surface area contributed by atoms with Crippen molar-refractivity contribution in [3.05, 3.63) is 35.9 Å². The van der Waals surface area contributed by atoms with Crippen molar-refractivity contribution in [1.82, 2.24) is 4.90 Å². The molecule has 2 unspecified atom stereocenters. The number of benzene rings is 1. The number of aliphatic carboxylic acids is 1. The second kappa shape index (κ2) is 5.38. The molecule has 1 aromatic rings. The predicted molar refractivity (Wildman–Crippen MR) is 67.1 cm³/mol. The average Bonchev–Trinajstić information content (AvgIpc) is 2.80. The van der Waals surface area contributed by atoms with Crippen molar-refractivity contribution in [3.63, 3.8) is 0 Å². The molecule has 1 fully saturated rings. The van der Waals surface area contributed by atoms with E-state index in [-0.39, 0.29) is 13.0 Å². The van der Waals surface area contributed by atoms with Gasteiger partial charge in [-0.2, -0.15) is 0 Å². The quantitative estimate of drug-likeness (QED) is 0.697.